The predicted octanol–water partition coefficient (Wildman–Crippen LogP) is 2.60. The zero-order chi connectivity index (χ0) is 13.1. The molecule has 3 heteroatoms. The summed E-state index contributed by atoms with van der Waals surface area (Å²) >= 11 is 0. The third-order valence-electron chi connectivity index (χ3n) is 4.78. The first kappa shape index (κ1) is 13.1. The van der Waals surface area contributed by atoms with Crippen LogP contribution in [-0.4, -0.2) is 33.7 Å². The number of pyridine rings is 1. The second kappa shape index (κ2) is 6.02. The monoisotopic (exact) mass is 260 g/mol. The van der Waals surface area contributed by atoms with Gasteiger partial charge >= 0.3 is 0 Å². The van der Waals surface area contributed by atoms with E-state index in [1.54, 1.807) is 0 Å². The standard InChI is InChI=1S/C16H24N2O/c19-16-9-5-7-14(16)15-8-2-4-11-18(15)12-13-6-1-3-10-17-13/h1,3,6,10,14-16,19H,2,4-5,7-9,11-12H2. The van der Waals surface area contributed by atoms with Crippen molar-refractivity contribution in [3.63, 3.8) is 0 Å². The molecule has 3 unspecified atom stereocenters. The number of hydrogen-bond donors (Lipinski definition) is 1. The number of rotatable bonds is 3. The molecule has 2 fully saturated rings. The van der Waals surface area contributed by atoms with Crippen molar-refractivity contribution in [3.05, 3.63) is 30.1 Å². The average Bonchev–Trinajstić information content (AvgIpc) is 2.87. The number of piperidine rings is 1. The number of aromatic nitrogens is 1. The smallest absolute Gasteiger partial charge is 0.0583 e. The van der Waals surface area contributed by atoms with E-state index < -0.39 is 0 Å². The minimum atomic E-state index is -0.0747. The van der Waals surface area contributed by atoms with Crippen molar-refractivity contribution >= 4 is 0 Å². The molecule has 1 saturated carbocycles. The molecule has 1 aliphatic carbocycles. The van der Waals surface area contributed by atoms with Crippen molar-refractivity contribution in [1.82, 2.24) is 9.88 Å². The van der Waals surface area contributed by atoms with Gasteiger partial charge in [0.2, 0.25) is 0 Å². The van der Waals surface area contributed by atoms with Gasteiger partial charge in [-0.2, -0.15) is 0 Å². The van der Waals surface area contributed by atoms with Crippen molar-refractivity contribution in [2.45, 2.75) is 57.2 Å². The topological polar surface area (TPSA) is 36.4 Å². The largest absolute Gasteiger partial charge is 0.393 e. The van der Waals surface area contributed by atoms with Crippen molar-refractivity contribution in [1.29, 1.82) is 0 Å². The van der Waals surface area contributed by atoms with Crippen LogP contribution in [0.1, 0.15) is 44.2 Å². The summed E-state index contributed by atoms with van der Waals surface area (Å²) < 4.78 is 0. The highest BCUT2D eigenvalue weighted by Crippen LogP contribution is 2.35. The molecule has 0 aromatic carbocycles. The fourth-order valence-electron chi connectivity index (χ4n) is 3.82. The van der Waals surface area contributed by atoms with Gasteiger partial charge in [-0.25, -0.2) is 0 Å². The molecule has 1 aliphatic heterocycles. The van der Waals surface area contributed by atoms with Gasteiger partial charge in [0.15, 0.2) is 0 Å². The van der Waals surface area contributed by atoms with Crippen LogP contribution in [0.25, 0.3) is 0 Å². The number of aliphatic hydroxyl groups is 1. The fourth-order valence-corrected chi connectivity index (χ4v) is 3.82. The van der Waals surface area contributed by atoms with Crippen molar-refractivity contribution in [3.8, 4) is 0 Å². The molecule has 0 bridgehead atoms. The first-order valence-electron chi connectivity index (χ1n) is 7.66. The van der Waals surface area contributed by atoms with Gasteiger partial charge in [0.1, 0.15) is 0 Å². The van der Waals surface area contributed by atoms with E-state index in [-0.39, 0.29) is 6.10 Å². The van der Waals surface area contributed by atoms with Crippen molar-refractivity contribution in [2.75, 3.05) is 6.54 Å². The Morgan fingerprint density at radius 3 is 2.84 bits per heavy atom. The lowest BCUT2D eigenvalue weighted by Gasteiger charge is -2.40. The van der Waals surface area contributed by atoms with Gasteiger partial charge in [0, 0.05) is 24.7 Å². The van der Waals surface area contributed by atoms with Gasteiger partial charge in [0.05, 0.1) is 11.8 Å². The van der Waals surface area contributed by atoms with Crippen LogP contribution in [0.15, 0.2) is 24.4 Å². The molecule has 1 aromatic heterocycles. The fraction of sp³-hybridized carbons (Fsp3) is 0.688. The number of aliphatic hydroxyl groups excluding tert-OH is 1. The van der Waals surface area contributed by atoms with Crippen LogP contribution in [0.2, 0.25) is 0 Å². The molecular formula is C16H24N2O. The first-order chi connectivity index (χ1) is 9.34. The van der Waals surface area contributed by atoms with Crippen LogP contribution < -0.4 is 0 Å². The van der Waals surface area contributed by atoms with E-state index in [9.17, 15) is 5.11 Å². The van der Waals surface area contributed by atoms with Crippen LogP contribution in [0.5, 0.6) is 0 Å². The highest BCUT2D eigenvalue weighted by atomic mass is 16.3. The average molecular weight is 260 g/mol. The lowest BCUT2D eigenvalue weighted by molar-refractivity contribution is 0.0307. The molecule has 0 spiro atoms. The molecule has 1 N–H and O–H groups in total. The second-order valence-electron chi connectivity index (χ2n) is 6.02. The van der Waals surface area contributed by atoms with Crippen LogP contribution in [0.4, 0.5) is 0 Å². The van der Waals surface area contributed by atoms with E-state index in [1.165, 1.54) is 32.1 Å². The van der Waals surface area contributed by atoms with Gasteiger partial charge in [0.25, 0.3) is 0 Å². The van der Waals surface area contributed by atoms with E-state index in [4.69, 9.17) is 0 Å². The molecule has 2 heterocycles. The molecule has 0 amide bonds. The summed E-state index contributed by atoms with van der Waals surface area (Å²) in [5.74, 6) is 0.490. The van der Waals surface area contributed by atoms with Crippen LogP contribution >= 0.6 is 0 Å². The zero-order valence-corrected chi connectivity index (χ0v) is 11.5. The number of hydrogen-bond acceptors (Lipinski definition) is 3. The summed E-state index contributed by atoms with van der Waals surface area (Å²) in [5, 5.41) is 10.2. The minimum Gasteiger partial charge on any atom is -0.393 e. The molecule has 104 valence electrons. The summed E-state index contributed by atoms with van der Waals surface area (Å²) in [6.07, 6.45) is 9.03. The maximum absolute atomic E-state index is 10.2. The Hall–Kier alpha value is -0.930. The summed E-state index contributed by atoms with van der Waals surface area (Å²) in [6.45, 7) is 2.10. The minimum absolute atomic E-state index is 0.0747. The van der Waals surface area contributed by atoms with E-state index in [1.807, 2.05) is 12.3 Å². The second-order valence-corrected chi connectivity index (χ2v) is 6.02. The molecule has 1 aromatic rings. The van der Waals surface area contributed by atoms with Gasteiger partial charge in [-0.3, -0.25) is 9.88 Å². The maximum atomic E-state index is 10.2. The Morgan fingerprint density at radius 1 is 1.16 bits per heavy atom. The van der Waals surface area contributed by atoms with Crippen molar-refractivity contribution < 1.29 is 5.11 Å². The molecule has 2 aliphatic rings. The molecular weight excluding hydrogens is 236 g/mol. The lowest BCUT2D eigenvalue weighted by atomic mass is 9.87. The van der Waals surface area contributed by atoms with Gasteiger partial charge in [-0.1, -0.05) is 18.9 Å². The van der Waals surface area contributed by atoms with Gasteiger partial charge in [-0.05, 0) is 44.4 Å². The van der Waals surface area contributed by atoms with E-state index >= 15 is 0 Å². The summed E-state index contributed by atoms with van der Waals surface area (Å²) in [5.41, 5.74) is 1.15. The Kier molecular flexibility index (Phi) is 4.14. The zero-order valence-electron chi connectivity index (χ0n) is 11.5. The predicted molar refractivity (Wildman–Crippen MR) is 75.6 cm³/mol. The summed E-state index contributed by atoms with van der Waals surface area (Å²) in [6, 6.07) is 6.70. The number of likely N-dealkylation sites (tertiary alicyclic amines) is 1. The SMILES string of the molecule is OC1CCCC1C1CCCCN1Cc1ccccn1. The molecule has 19 heavy (non-hydrogen) atoms. The van der Waals surface area contributed by atoms with Crippen LogP contribution in [0.3, 0.4) is 0 Å². The molecule has 0 radical (unpaired) electrons. The Bertz CT molecular complexity index is 395. The normalized spacial score (nSPS) is 32.6. The third-order valence-corrected chi connectivity index (χ3v) is 4.78. The van der Waals surface area contributed by atoms with Gasteiger partial charge < -0.3 is 5.11 Å². The third kappa shape index (κ3) is 2.98. The van der Waals surface area contributed by atoms with Gasteiger partial charge in [-0.15, -0.1) is 0 Å². The van der Waals surface area contributed by atoms with E-state index in [0.717, 1.165) is 25.2 Å². The molecule has 3 nitrogen and oxygen atoms in total. The molecule has 3 rings (SSSR count). The van der Waals surface area contributed by atoms with E-state index in [0.29, 0.717) is 12.0 Å². The summed E-state index contributed by atoms with van der Waals surface area (Å²) in [7, 11) is 0. The van der Waals surface area contributed by atoms with Crippen LogP contribution in [-0.2, 0) is 6.54 Å². The molecule has 1 saturated heterocycles. The first-order valence-corrected chi connectivity index (χ1v) is 7.66. The Balaban J connectivity index is 1.70. The summed E-state index contributed by atoms with van der Waals surface area (Å²) in [4.78, 5) is 7.01. The quantitative estimate of drug-likeness (QED) is 0.907. The van der Waals surface area contributed by atoms with Crippen molar-refractivity contribution in [2.24, 2.45) is 5.92 Å². The van der Waals surface area contributed by atoms with Crippen LogP contribution in [0, 0.1) is 5.92 Å². The highest BCUT2D eigenvalue weighted by molar-refractivity contribution is 5.04. The lowest BCUT2D eigenvalue weighted by Crippen LogP contribution is -2.45. The number of nitrogens with zero attached hydrogens (tertiary/aromatic N) is 2. The molecule has 3 atom stereocenters. The Labute approximate surface area is 115 Å². The van der Waals surface area contributed by atoms with E-state index in [2.05, 4.69) is 22.0 Å². The highest BCUT2D eigenvalue weighted by Gasteiger charge is 2.36. The maximum Gasteiger partial charge on any atom is 0.0583 e. The Morgan fingerprint density at radius 2 is 2.11 bits per heavy atom.